The van der Waals surface area contributed by atoms with Gasteiger partial charge >= 0.3 is 0 Å². The van der Waals surface area contributed by atoms with Crippen LogP contribution in [0.2, 0.25) is 39.3 Å². The average molecular weight is 591 g/mol. The molecule has 4 fully saturated rings. The van der Waals surface area contributed by atoms with Crippen LogP contribution >= 0.6 is 0 Å². The second-order valence-electron chi connectivity index (χ2n) is 17.9. The van der Waals surface area contributed by atoms with Crippen molar-refractivity contribution in [2.75, 3.05) is 0 Å². The molecule has 0 amide bonds. The van der Waals surface area contributed by atoms with Gasteiger partial charge in [0, 0.05) is 0 Å². The van der Waals surface area contributed by atoms with Gasteiger partial charge in [0.25, 0.3) is 0 Å². The number of hydrogen-bond acceptors (Lipinski definition) is 2. The van der Waals surface area contributed by atoms with Gasteiger partial charge in [0.05, 0.1) is 6.10 Å². The van der Waals surface area contributed by atoms with Crippen molar-refractivity contribution in [2.24, 2.45) is 64.1 Å². The average Bonchev–Trinajstić information content (AvgIpc) is 3.16. The molecule has 4 saturated carbocycles. The van der Waals surface area contributed by atoms with Crippen molar-refractivity contribution in [1.82, 2.24) is 0 Å². The van der Waals surface area contributed by atoms with Crippen LogP contribution in [0.3, 0.4) is 0 Å². The molecule has 0 spiro atoms. The summed E-state index contributed by atoms with van der Waals surface area (Å²) < 4.78 is 5.90. The van der Waals surface area contributed by atoms with Crippen molar-refractivity contribution >= 4 is 16.6 Å². The lowest BCUT2D eigenvalue weighted by molar-refractivity contribution is -0.148. The van der Waals surface area contributed by atoms with Crippen LogP contribution in [0.4, 0.5) is 0 Å². The van der Waals surface area contributed by atoms with Crippen LogP contribution in [0.25, 0.3) is 0 Å². The summed E-state index contributed by atoms with van der Waals surface area (Å²) in [5.41, 5.74) is 2.64. The lowest BCUT2D eigenvalue weighted by atomic mass is 9.43. The largest absolute Gasteiger partial charge is 0.456 e. The summed E-state index contributed by atoms with van der Waals surface area (Å²) in [7, 11) is -2.46. The highest BCUT2D eigenvalue weighted by molar-refractivity contribution is 6.83. The van der Waals surface area contributed by atoms with Crippen molar-refractivity contribution in [3.8, 4) is 0 Å². The monoisotopic (exact) mass is 590 g/mol. The van der Waals surface area contributed by atoms with Crippen molar-refractivity contribution < 1.29 is 9.22 Å². The van der Waals surface area contributed by atoms with E-state index in [1.54, 1.807) is 5.57 Å². The first-order chi connectivity index (χ1) is 18.2. The Morgan fingerprint density at radius 2 is 1.30 bits per heavy atom. The second kappa shape index (κ2) is 12.6. The molecule has 11 atom stereocenters. The molecule has 1 unspecified atom stereocenters. The predicted molar refractivity (Wildman–Crippen MR) is 180 cm³/mol. The lowest BCUT2D eigenvalue weighted by Crippen LogP contribution is -2.56. The maximum atomic E-state index is 10.6. The van der Waals surface area contributed by atoms with Crippen LogP contribution in [0.15, 0.2) is 11.6 Å². The molecule has 40 heavy (non-hydrogen) atoms. The Labute approximate surface area is 253 Å². The van der Waals surface area contributed by atoms with E-state index in [1.165, 1.54) is 44.9 Å². The minimum atomic E-state index is -1.23. The molecule has 0 radical (unpaired) electrons. The molecule has 0 saturated heterocycles. The highest BCUT2D eigenvalue weighted by Crippen LogP contribution is 2.68. The van der Waals surface area contributed by atoms with E-state index >= 15 is 0 Å². The Hall–Kier alpha value is 0.0938. The van der Waals surface area contributed by atoms with Gasteiger partial charge in [-0.05, 0) is 162 Å². The number of aliphatic hydroxyl groups is 1. The zero-order chi connectivity index (χ0) is 30.4. The van der Waals surface area contributed by atoms with E-state index in [-0.39, 0.29) is 6.10 Å². The molecule has 4 aliphatic carbocycles. The highest BCUT2D eigenvalue weighted by atomic mass is 28.4. The molecular formula is C36H70O2Si2. The van der Waals surface area contributed by atoms with E-state index in [0.29, 0.717) is 28.6 Å². The van der Waals surface area contributed by atoms with Crippen molar-refractivity contribution in [1.29, 1.82) is 0 Å². The van der Waals surface area contributed by atoms with Gasteiger partial charge in [-0.2, -0.15) is 0 Å². The molecule has 4 rings (SSSR count). The first kappa shape index (κ1) is 34.6. The Kier molecular flexibility index (Phi) is 10.9. The second-order valence-corrected chi connectivity index (χ2v) is 27.2. The van der Waals surface area contributed by atoms with Crippen LogP contribution in [-0.4, -0.2) is 27.8 Å². The van der Waals surface area contributed by atoms with E-state index in [0.717, 1.165) is 41.9 Å². The summed E-state index contributed by atoms with van der Waals surface area (Å²) in [6.07, 6.45) is 13.5. The predicted octanol–water partition coefficient (Wildman–Crippen LogP) is 10.8. The fraction of sp³-hybridized carbons (Fsp3) is 0.944. The first-order valence-electron chi connectivity index (χ1n) is 17.3. The Balaban J connectivity index is 0.000000424. The summed E-state index contributed by atoms with van der Waals surface area (Å²) in [4.78, 5) is 0. The Morgan fingerprint density at radius 3 is 1.82 bits per heavy atom. The van der Waals surface area contributed by atoms with Crippen molar-refractivity contribution in [3.63, 3.8) is 0 Å². The van der Waals surface area contributed by atoms with Gasteiger partial charge in [0.1, 0.15) is 0 Å². The number of allylic oxidation sites excluding steroid dienone is 2. The number of hydrogen-bond donors (Lipinski definition) is 1. The summed E-state index contributed by atoms with van der Waals surface area (Å²) in [5.74, 6) is 7.05. The van der Waals surface area contributed by atoms with E-state index in [2.05, 4.69) is 101 Å². The number of aliphatic hydroxyl groups excluding tert-OH is 1. The zero-order valence-corrected chi connectivity index (χ0v) is 31.4. The van der Waals surface area contributed by atoms with Gasteiger partial charge in [-0.1, -0.05) is 60.1 Å². The molecule has 4 heteroatoms. The zero-order valence-electron chi connectivity index (χ0n) is 29.4. The van der Waals surface area contributed by atoms with E-state index < -0.39 is 16.6 Å². The maximum absolute atomic E-state index is 10.6. The van der Waals surface area contributed by atoms with E-state index in [1.807, 2.05) is 0 Å². The van der Waals surface area contributed by atoms with Crippen molar-refractivity contribution in [2.45, 2.75) is 152 Å². The van der Waals surface area contributed by atoms with Gasteiger partial charge in [-0.15, -0.1) is 0 Å². The standard InChI is InChI=1S/C30H52O.C6H18OSi2/c1-18(2)21(5)19(3)17-20(4)24-11-12-26-23-9-10-25-22(6)28(31)14-16-30(25,8)27(23)13-15-29(24,26)7;1-8(2,3)7-9(4,5)6/h17-18,20-28,31H,9-16H2,1-8H3;1-6H3/b19-17+;/t20-,21?,22+,23+,24-,25+,26+,27+,28+,29-,30+;/m1./s1. The van der Waals surface area contributed by atoms with Crippen LogP contribution in [0.1, 0.15) is 107 Å². The van der Waals surface area contributed by atoms with Gasteiger partial charge in [0.15, 0.2) is 16.6 Å². The molecule has 234 valence electrons. The third kappa shape index (κ3) is 7.41. The van der Waals surface area contributed by atoms with Gasteiger partial charge in [-0.3, -0.25) is 0 Å². The number of fused-ring (bicyclic) bond motifs is 5. The van der Waals surface area contributed by atoms with Crippen LogP contribution in [0.5, 0.6) is 0 Å². The molecule has 0 bridgehead atoms. The van der Waals surface area contributed by atoms with Crippen LogP contribution < -0.4 is 0 Å². The molecule has 0 aromatic heterocycles. The van der Waals surface area contributed by atoms with E-state index in [9.17, 15) is 5.11 Å². The van der Waals surface area contributed by atoms with Crippen molar-refractivity contribution in [3.05, 3.63) is 11.6 Å². The SMILES string of the molecule is C/C(=C\[C@@H](C)[C@H]1CC[C@H]2[C@@H]3CC[C@H]4[C@H](C)[C@@H](O)CC[C@]4(C)[C@H]3CC[C@]12C)C(C)C(C)C.C[Si](C)(C)O[Si](C)(C)C. The normalized spacial score (nSPS) is 41.8. The summed E-state index contributed by atoms with van der Waals surface area (Å²) in [6, 6.07) is 0. The summed E-state index contributed by atoms with van der Waals surface area (Å²) in [6.45, 7) is 33.2. The van der Waals surface area contributed by atoms with Gasteiger partial charge < -0.3 is 9.22 Å². The third-order valence-electron chi connectivity index (χ3n) is 12.7. The minimum Gasteiger partial charge on any atom is -0.456 e. The fourth-order valence-corrected chi connectivity index (χ4v) is 18.1. The molecule has 2 nitrogen and oxygen atoms in total. The number of rotatable bonds is 6. The summed E-state index contributed by atoms with van der Waals surface area (Å²) >= 11 is 0. The Morgan fingerprint density at radius 1 is 0.775 bits per heavy atom. The molecular weight excluding hydrogens is 521 g/mol. The molecule has 0 heterocycles. The Bertz CT molecular complexity index is 857. The first-order valence-corrected chi connectivity index (χ1v) is 24.1. The van der Waals surface area contributed by atoms with E-state index in [4.69, 9.17) is 4.12 Å². The van der Waals surface area contributed by atoms with Crippen LogP contribution in [-0.2, 0) is 4.12 Å². The van der Waals surface area contributed by atoms with Gasteiger partial charge in [-0.25, -0.2) is 0 Å². The molecule has 1 N–H and O–H groups in total. The smallest absolute Gasteiger partial charge is 0.170 e. The fourth-order valence-electron chi connectivity index (χ4n) is 10.7. The quantitative estimate of drug-likeness (QED) is 0.246. The highest BCUT2D eigenvalue weighted by Gasteiger charge is 2.61. The van der Waals surface area contributed by atoms with Gasteiger partial charge in [0.2, 0.25) is 0 Å². The molecule has 0 aromatic carbocycles. The molecule has 0 aromatic rings. The summed E-state index contributed by atoms with van der Waals surface area (Å²) in [5, 5.41) is 10.6. The lowest BCUT2D eigenvalue weighted by Gasteiger charge is -2.62. The molecule has 0 aliphatic heterocycles. The minimum absolute atomic E-state index is 0.0524. The third-order valence-corrected chi connectivity index (χ3v) is 17.6. The topological polar surface area (TPSA) is 29.5 Å². The van der Waals surface area contributed by atoms with Crippen LogP contribution in [0, 0.1) is 64.1 Å². The molecule has 4 aliphatic rings. The maximum Gasteiger partial charge on any atom is 0.170 e.